The Labute approximate surface area is 65.4 Å². The van der Waals surface area contributed by atoms with E-state index in [2.05, 4.69) is 6.07 Å². The molecule has 0 aromatic heterocycles. The van der Waals surface area contributed by atoms with Gasteiger partial charge in [-0.1, -0.05) is 30.4 Å². The molecule has 0 aliphatic heterocycles. The van der Waals surface area contributed by atoms with E-state index in [0.29, 0.717) is 0 Å². The van der Waals surface area contributed by atoms with Crippen LogP contribution in [0.2, 0.25) is 0 Å². The van der Waals surface area contributed by atoms with Crippen molar-refractivity contribution in [3.63, 3.8) is 0 Å². The number of fused-ring (bicyclic) bond motifs is 1. The minimum absolute atomic E-state index is 0.0498. The van der Waals surface area contributed by atoms with Gasteiger partial charge < -0.3 is 0 Å². The fourth-order valence-electron chi connectivity index (χ4n) is 1.37. The van der Waals surface area contributed by atoms with Crippen molar-refractivity contribution in [2.75, 3.05) is 6.67 Å². The fourth-order valence-corrected chi connectivity index (χ4v) is 1.37. The van der Waals surface area contributed by atoms with Crippen LogP contribution in [0.5, 0.6) is 0 Å². The van der Waals surface area contributed by atoms with Gasteiger partial charge in [-0.2, -0.15) is 0 Å². The lowest BCUT2D eigenvalue weighted by Gasteiger charge is -2.03. The van der Waals surface area contributed by atoms with Gasteiger partial charge >= 0.3 is 0 Å². The average molecular weight is 147 g/mol. The maximum atomic E-state index is 12.3. The van der Waals surface area contributed by atoms with Gasteiger partial charge in [-0.15, -0.1) is 0 Å². The van der Waals surface area contributed by atoms with Crippen molar-refractivity contribution in [2.24, 2.45) is 0 Å². The zero-order valence-corrected chi connectivity index (χ0v) is 6.05. The van der Waals surface area contributed by atoms with Gasteiger partial charge in [0.05, 0.1) is 6.67 Å². The molecule has 11 heavy (non-hydrogen) atoms. The molecule has 0 N–H and O–H groups in total. The summed E-state index contributed by atoms with van der Waals surface area (Å²) in [6.07, 6.45) is 3.84. The summed E-state index contributed by atoms with van der Waals surface area (Å²) in [4.78, 5) is 0. The lowest BCUT2D eigenvalue weighted by molar-refractivity contribution is 0.469. The van der Waals surface area contributed by atoms with Crippen LogP contribution in [0.25, 0.3) is 6.08 Å². The molecule has 1 aromatic rings. The second-order valence-electron chi connectivity index (χ2n) is 2.66. The molecule has 2 rings (SSSR count). The van der Waals surface area contributed by atoms with Crippen LogP contribution in [0.15, 0.2) is 24.3 Å². The number of allylic oxidation sites excluding steroid dienone is 1. The van der Waals surface area contributed by atoms with Gasteiger partial charge in [0.25, 0.3) is 0 Å². The van der Waals surface area contributed by atoms with Gasteiger partial charge in [0.2, 0.25) is 0 Å². The van der Waals surface area contributed by atoms with Gasteiger partial charge in [0.1, 0.15) is 0 Å². The van der Waals surface area contributed by atoms with Crippen LogP contribution in [-0.4, -0.2) is 6.67 Å². The second kappa shape index (κ2) is 2.50. The molecule has 0 heterocycles. The largest absolute Gasteiger partial charge is 0.250 e. The molecule has 1 aliphatic rings. The van der Waals surface area contributed by atoms with E-state index in [1.807, 2.05) is 30.4 Å². The lowest BCUT2D eigenvalue weighted by Crippen LogP contribution is -1.94. The molecular formula is C10H8F. The first-order valence-electron chi connectivity index (χ1n) is 3.66. The molecule has 0 fully saturated rings. The maximum Gasteiger partial charge on any atom is 0.0998 e. The first-order valence-corrected chi connectivity index (χ1v) is 3.66. The van der Waals surface area contributed by atoms with Crippen molar-refractivity contribution >= 4 is 6.08 Å². The van der Waals surface area contributed by atoms with Crippen molar-refractivity contribution in [1.29, 1.82) is 0 Å². The highest BCUT2D eigenvalue weighted by atomic mass is 19.1. The van der Waals surface area contributed by atoms with Crippen LogP contribution in [0, 0.1) is 6.07 Å². The molecule has 1 atom stereocenters. The lowest BCUT2D eigenvalue weighted by atomic mass is 10.0. The smallest absolute Gasteiger partial charge is 0.0998 e. The topological polar surface area (TPSA) is 0 Å². The zero-order valence-electron chi connectivity index (χ0n) is 6.05. The minimum atomic E-state index is -0.315. The summed E-state index contributed by atoms with van der Waals surface area (Å²) in [5.41, 5.74) is 2.10. The van der Waals surface area contributed by atoms with E-state index in [9.17, 15) is 4.39 Å². The fraction of sp³-hybridized carbons (Fsp3) is 0.200. The van der Waals surface area contributed by atoms with Crippen LogP contribution >= 0.6 is 0 Å². The van der Waals surface area contributed by atoms with E-state index in [1.54, 1.807) is 0 Å². The Morgan fingerprint density at radius 2 is 2.45 bits per heavy atom. The van der Waals surface area contributed by atoms with Crippen molar-refractivity contribution < 1.29 is 4.39 Å². The van der Waals surface area contributed by atoms with Gasteiger partial charge in [0, 0.05) is 5.92 Å². The number of halogens is 1. The average Bonchev–Trinajstić information content (AvgIpc) is 2.47. The van der Waals surface area contributed by atoms with Crippen molar-refractivity contribution in [3.8, 4) is 0 Å². The van der Waals surface area contributed by atoms with Crippen LogP contribution in [-0.2, 0) is 0 Å². The third-order valence-electron chi connectivity index (χ3n) is 1.97. The molecule has 1 heteroatoms. The summed E-state index contributed by atoms with van der Waals surface area (Å²) in [5, 5.41) is 0. The summed E-state index contributed by atoms with van der Waals surface area (Å²) in [6, 6.07) is 8.78. The molecule has 0 nitrogen and oxygen atoms in total. The summed E-state index contributed by atoms with van der Waals surface area (Å²) in [5.74, 6) is -0.0498. The standard InChI is InChI=1S/C10H8F/c11-7-9-6-5-8-3-1-2-4-10(8)9/h1-3,5-6,9H,7H2. The molecule has 0 saturated carbocycles. The predicted octanol–water partition coefficient (Wildman–Crippen LogP) is 2.57. The quantitative estimate of drug-likeness (QED) is 0.572. The van der Waals surface area contributed by atoms with Crippen LogP contribution in [0.1, 0.15) is 17.0 Å². The Hall–Kier alpha value is -1.11. The molecule has 0 bridgehead atoms. The third-order valence-corrected chi connectivity index (χ3v) is 1.97. The Kier molecular flexibility index (Phi) is 1.50. The normalized spacial score (nSPS) is 20.3. The van der Waals surface area contributed by atoms with Crippen molar-refractivity contribution in [2.45, 2.75) is 5.92 Å². The van der Waals surface area contributed by atoms with Gasteiger partial charge in [-0.3, -0.25) is 4.39 Å². The highest BCUT2D eigenvalue weighted by Crippen LogP contribution is 2.29. The molecule has 0 spiro atoms. The van der Waals surface area contributed by atoms with E-state index in [0.717, 1.165) is 11.1 Å². The van der Waals surface area contributed by atoms with Gasteiger partial charge in [-0.25, -0.2) is 0 Å². The number of hydrogen-bond acceptors (Lipinski definition) is 0. The highest BCUT2D eigenvalue weighted by Gasteiger charge is 2.15. The third kappa shape index (κ3) is 0.967. The van der Waals surface area contributed by atoms with Gasteiger partial charge in [0.15, 0.2) is 0 Å². The minimum Gasteiger partial charge on any atom is -0.250 e. The SMILES string of the molecule is FCC1C=Cc2ccc[c]c21. The predicted molar refractivity (Wildman–Crippen MR) is 43.0 cm³/mol. The van der Waals surface area contributed by atoms with Gasteiger partial charge in [-0.05, 0) is 17.2 Å². The summed E-state index contributed by atoms with van der Waals surface area (Å²) < 4.78 is 12.3. The number of benzene rings is 1. The monoisotopic (exact) mass is 147 g/mol. The van der Waals surface area contributed by atoms with E-state index in [4.69, 9.17) is 0 Å². The van der Waals surface area contributed by atoms with Crippen molar-refractivity contribution in [1.82, 2.24) is 0 Å². The van der Waals surface area contributed by atoms with E-state index >= 15 is 0 Å². The van der Waals surface area contributed by atoms with Crippen LogP contribution in [0.3, 0.4) is 0 Å². The summed E-state index contributed by atoms with van der Waals surface area (Å²) in [7, 11) is 0. The summed E-state index contributed by atoms with van der Waals surface area (Å²) in [6.45, 7) is -0.315. The Morgan fingerprint density at radius 3 is 3.27 bits per heavy atom. The van der Waals surface area contributed by atoms with E-state index in [1.165, 1.54) is 0 Å². The number of alkyl halides is 1. The first-order chi connectivity index (χ1) is 5.42. The highest BCUT2D eigenvalue weighted by molar-refractivity contribution is 5.61. The molecule has 55 valence electrons. The number of rotatable bonds is 1. The number of hydrogen-bond donors (Lipinski definition) is 0. The first kappa shape index (κ1) is 6.59. The molecule has 1 unspecified atom stereocenters. The molecule has 1 aromatic carbocycles. The molecule has 1 aliphatic carbocycles. The second-order valence-corrected chi connectivity index (χ2v) is 2.66. The molecule has 0 saturated heterocycles. The summed E-state index contributed by atoms with van der Waals surface area (Å²) >= 11 is 0. The van der Waals surface area contributed by atoms with E-state index < -0.39 is 0 Å². The van der Waals surface area contributed by atoms with Crippen molar-refractivity contribution in [3.05, 3.63) is 41.5 Å². The zero-order chi connectivity index (χ0) is 7.68. The molecular weight excluding hydrogens is 139 g/mol. The maximum absolute atomic E-state index is 12.3. The molecule has 1 radical (unpaired) electrons. The Morgan fingerprint density at radius 1 is 1.55 bits per heavy atom. The van der Waals surface area contributed by atoms with Crippen LogP contribution < -0.4 is 0 Å². The Bertz CT molecular complexity index is 289. The van der Waals surface area contributed by atoms with E-state index in [-0.39, 0.29) is 12.6 Å². The Balaban J connectivity index is 2.46. The van der Waals surface area contributed by atoms with Crippen LogP contribution in [0.4, 0.5) is 4.39 Å². The molecule has 0 amide bonds.